The molecule has 0 radical (unpaired) electrons. The van der Waals surface area contributed by atoms with Crippen molar-refractivity contribution in [3.8, 4) is 0 Å². The van der Waals surface area contributed by atoms with Gasteiger partial charge in [0, 0.05) is 6.54 Å². The number of rotatable bonds is 5. The third-order valence-electron chi connectivity index (χ3n) is 3.13. The molecule has 1 unspecified atom stereocenters. The van der Waals surface area contributed by atoms with Crippen LogP contribution in [0.1, 0.15) is 25.7 Å². The summed E-state index contributed by atoms with van der Waals surface area (Å²) in [4.78, 5) is 10.2. The van der Waals surface area contributed by atoms with Gasteiger partial charge in [-0.3, -0.25) is 15.4 Å². The maximum atomic E-state index is 10.2. The summed E-state index contributed by atoms with van der Waals surface area (Å²) < 4.78 is 5.80. The Morgan fingerprint density at radius 2 is 2.27 bits per heavy atom. The number of carbonyl (C=O) groups is 1. The number of carbonyl (C=O) groups excluding carboxylic acids is 1. The second-order valence-electron chi connectivity index (χ2n) is 4.28. The molecule has 0 aromatic carbocycles. The van der Waals surface area contributed by atoms with Crippen molar-refractivity contribution in [3.63, 3.8) is 0 Å². The zero-order valence-corrected chi connectivity index (χ0v) is 8.87. The van der Waals surface area contributed by atoms with Crippen molar-refractivity contribution in [3.05, 3.63) is 0 Å². The number of ether oxygens (including phenoxy) is 1. The zero-order chi connectivity index (χ0) is 10.5. The Bertz CT molecular complexity index is 209. The predicted molar refractivity (Wildman–Crippen MR) is 55.8 cm³/mol. The van der Waals surface area contributed by atoms with E-state index in [2.05, 4.69) is 16.0 Å². The Balaban J connectivity index is 1.68. The molecule has 1 amide bonds. The van der Waals surface area contributed by atoms with Crippen LogP contribution in [-0.2, 0) is 9.53 Å². The molecule has 3 N–H and O–H groups in total. The molecule has 2 rings (SSSR count). The maximum Gasteiger partial charge on any atom is 0.207 e. The molecular weight excluding hydrogens is 194 g/mol. The van der Waals surface area contributed by atoms with Crippen molar-refractivity contribution in [2.75, 3.05) is 13.2 Å². The molecule has 2 aliphatic rings. The van der Waals surface area contributed by atoms with Gasteiger partial charge in [-0.1, -0.05) is 6.42 Å². The second-order valence-corrected chi connectivity index (χ2v) is 4.28. The standard InChI is InChI=1S/C10H19N3O2/c14-7-11-5-8-2-1-3-9(4-8)15-10-12-6-13-10/h7-10,12-13H,1-6H2,(H,11,14)/t8?,9-/m0/s1. The fraction of sp³-hybridized carbons (Fsp3) is 0.900. The minimum absolute atomic E-state index is 0.0489. The van der Waals surface area contributed by atoms with Gasteiger partial charge in [0.15, 0.2) is 6.35 Å². The van der Waals surface area contributed by atoms with Crippen molar-refractivity contribution < 1.29 is 9.53 Å². The smallest absolute Gasteiger partial charge is 0.207 e. The third-order valence-corrected chi connectivity index (χ3v) is 3.13. The molecule has 2 fully saturated rings. The molecule has 0 bridgehead atoms. The summed E-state index contributed by atoms with van der Waals surface area (Å²) >= 11 is 0. The summed E-state index contributed by atoms with van der Waals surface area (Å²) in [6, 6.07) is 0. The van der Waals surface area contributed by atoms with Crippen LogP contribution in [0.15, 0.2) is 0 Å². The molecule has 1 saturated carbocycles. The molecule has 1 heterocycles. The quantitative estimate of drug-likeness (QED) is 0.551. The van der Waals surface area contributed by atoms with E-state index >= 15 is 0 Å². The van der Waals surface area contributed by atoms with E-state index in [-0.39, 0.29) is 6.35 Å². The van der Waals surface area contributed by atoms with Gasteiger partial charge >= 0.3 is 0 Å². The van der Waals surface area contributed by atoms with Gasteiger partial charge in [0.05, 0.1) is 12.8 Å². The van der Waals surface area contributed by atoms with Crippen molar-refractivity contribution in [1.82, 2.24) is 16.0 Å². The van der Waals surface area contributed by atoms with Gasteiger partial charge in [0.1, 0.15) is 0 Å². The van der Waals surface area contributed by atoms with E-state index in [4.69, 9.17) is 4.74 Å². The molecule has 15 heavy (non-hydrogen) atoms. The molecule has 1 aliphatic carbocycles. The van der Waals surface area contributed by atoms with E-state index in [0.717, 1.165) is 32.5 Å². The Labute approximate surface area is 89.9 Å². The van der Waals surface area contributed by atoms with Gasteiger partial charge in [-0.05, 0) is 25.2 Å². The maximum absolute atomic E-state index is 10.2. The molecule has 1 saturated heterocycles. The lowest BCUT2D eigenvalue weighted by atomic mass is 9.87. The first-order valence-electron chi connectivity index (χ1n) is 5.68. The first-order chi connectivity index (χ1) is 7.38. The van der Waals surface area contributed by atoms with Gasteiger partial charge in [-0.15, -0.1) is 0 Å². The van der Waals surface area contributed by atoms with Gasteiger partial charge < -0.3 is 10.1 Å². The van der Waals surface area contributed by atoms with Crippen LogP contribution in [0.2, 0.25) is 0 Å². The number of hydrogen-bond acceptors (Lipinski definition) is 4. The Hall–Kier alpha value is -0.650. The van der Waals surface area contributed by atoms with Crippen LogP contribution < -0.4 is 16.0 Å². The minimum atomic E-state index is 0.0489. The average Bonchev–Trinajstić information content (AvgIpc) is 2.21. The summed E-state index contributed by atoms with van der Waals surface area (Å²) in [6.45, 7) is 1.63. The highest BCUT2D eigenvalue weighted by molar-refractivity contribution is 5.45. The van der Waals surface area contributed by atoms with Crippen LogP contribution in [0.4, 0.5) is 0 Å². The van der Waals surface area contributed by atoms with E-state index in [9.17, 15) is 4.79 Å². The van der Waals surface area contributed by atoms with Gasteiger partial charge in [-0.2, -0.15) is 0 Å². The number of hydrogen-bond donors (Lipinski definition) is 3. The number of amides is 1. The van der Waals surface area contributed by atoms with Crippen LogP contribution in [0.5, 0.6) is 0 Å². The monoisotopic (exact) mass is 213 g/mol. The lowest BCUT2D eigenvalue weighted by molar-refractivity contribution is -0.111. The zero-order valence-electron chi connectivity index (χ0n) is 8.87. The fourth-order valence-corrected chi connectivity index (χ4v) is 2.24. The van der Waals surface area contributed by atoms with Crippen LogP contribution in [0, 0.1) is 5.92 Å². The summed E-state index contributed by atoms with van der Waals surface area (Å²) in [5, 5.41) is 9.04. The Morgan fingerprint density at radius 1 is 1.40 bits per heavy atom. The molecule has 86 valence electrons. The summed E-state index contributed by atoms with van der Waals surface area (Å²) in [5.41, 5.74) is 0. The first kappa shape index (κ1) is 10.9. The van der Waals surface area contributed by atoms with E-state index in [1.165, 1.54) is 12.8 Å². The second kappa shape index (κ2) is 5.44. The van der Waals surface area contributed by atoms with Crippen molar-refractivity contribution >= 4 is 6.41 Å². The number of nitrogens with one attached hydrogen (secondary N) is 3. The van der Waals surface area contributed by atoms with Crippen LogP contribution in [0.25, 0.3) is 0 Å². The predicted octanol–water partition coefficient (Wildman–Crippen LogP) is -0.258. The SMILES string of the molecule is O=CNCC1CCC[C@H](OC2NCN2)C1. The van der Waals surface area contributed by atoms with Gasteiger partial charge in [0.2, 0.25) is 6.41 Å². The van der Waals surface area contributed by atoms with Gasteiger partial charge in [0.25, 0.3) is 0 Å². The summed E-state index contributed by atoms with van der Waals surface area (Å²) in [7, 11) is 0. The Morgan fingerprint density at radius 3 is 2.93 bits per heavy atom. The van der Waals surface area contributed by atoms with E-state index in [1.54, 1.807) is 0 Å². The van der Waals surface area contributed by atoms with E-state index < -0.39 is 0 Å². The highest BCUT2D eigenvalue weighted by Crippen LogP contribution is 2.26. The summed E-state index contributed by atoms with van der Waals surface area (Å²) in [5.74, 6) is 0.578. The largest absolute Gasteiger partial charge is 0.358 e. The lowest BCUT2D eigenvalue weighted by Gasteiger charge is -2.36. The molecular formula is C10H19N3O2. The van der Waals surface area contributed by atoms with Gasteiger partial charge in [-0.25, -0.2) is 0 Å². The first-order valence-corrected chi connectivity index (χ1v) is 5.68. The highest BCUT2D eigenvalue weighted by Gasteiger charge is 2.26. The Kier molecular flexibility index (Phi) is 3.94. The summed E-state index contributed by atoms with van der Waals surface area (Å²) in [6.07, 6.45) is 5.75. The van der Waals surface area contributed by atoms with E-state index in [1.807, 2.05) is 0 Å². The van der Waals surface area contributed by atoms with E-state index in [0.29, 0.717) is 12.0 Å². The lowest BCUT2D eigenvalue weighted by Crippen LogP contribution is -2.61. The van der Waals surface area contributed by atoms with Crippen molar-refractivity contribution in [2.24, 2.45) is 5.92 Å². The molecule has 5 heteroatoms. The van der Waals surface area contributed by atoms with Crippen LogP contribution in [-0.4, -0.2) is 32.1 Å². The molecule has 2 atom stereocenters. The highest BCUT2D eigenvalue weighted by atomic mass is 16.5. The average molecular weight is 213 g/mol. The molecule has 0 aromatic rings. The fourth-order valence-electron chi connectivity index (χ4n) is 2.24. The molecule has 1 aliphatic heterocycles. The normalized spacial score (nSPS) is 32.0. The topological polar surface area (TPSA) is 62.4 Å². The van der Waals surface area contributed by atoms with Crippen molar-refractivity contribution in [1.29, 1.82) is 0 Å². The molecule has 0 aromatic heterocycles. The van der Waals surface area contributed by atoms with Crippen LogP contribution in [0.3, 0.4) is 0 Å². The molecule has 5 nitrogen and oxygen atoms in total. The molecule has 0 spiro atoms. The minimum Gasteiger partial charge on any atom is -0.358 e. The van der Waals surface area contributed by atoms with Crippen molar-refractivity contribution in [2.45, 2.75) is 38.1 Å². The van der Waals surface area contributed by atoms with Crippen LogP contribution >= 0.6 is 0 Å². The third kappa shape index (κ3) is 3.15.